The molecule has 1 aromatic rings. The van der Waals surface area contributed by atoms with Crippen LogP contribution in [-0.2, 0) is 5.41 Å². The Bertz CT molecular complexity index is 536. The van der Waals surface area contributed by atoms with Gasteiger partial charge in [0.2, 0.25) is 5.69 Å². The van der Waals surface area contributed by atoms with E-state index < -0.39 is 0 Å². The molecule has 0 atom stereocenters. The molecule has 1 nitrogen and oxygen atoms in total. The molecule has 0 N–H and O–H groups in total. The first-order valence-corrected chi connectivity index (χ1v) is 6.95. The van der Waals surface area contributed by atoms with Crippen LogP contribution < -0.4 is 0 Å². The molecule has 2 heteroatoms. The number of nitrogens with zero attached hydrogens (tertiary/aromatic N) is 1. The van der Waals surface area contributed by atoms with Crippen LogP contribution in [0, 0.1) is 12.7 Å². The fraction of sp³-hybridized carbons (Fsp3) is 0.562. The Morgan fingerprint density at radius 1 is 1.11 bits per heavy atom. The lowest BCUT2D eigenvalue weighted by molar-refractivity contribution is -0.403. The van der Waals surface area contributed by atoms with Gasteiger partial charge in [-0.15, -0.1) is 0 Å². The van der Waals surface area contributed by atoms with Crippen LogP contribution >= 0.6 is 0 Å². The zero-order valence-corrected chi connectivity index (χ0v) is 11.5. The minimum atomic E-state index is -0.0822. The Hall–Kier alpha value is -1.18. The average Bonchev–Trinajstić information content (AvgIpc) is 2.56. The monoisotopic (exact) mass is 246 g/mol. The van der Waals surface area contributed by atoms with Crippen LogP contribution in [0.3, 0.4) is 0 Å². The van der Waals surface area contributed by atoms with Crippen molar-refractivity contribution in [2.75, 3.05) is 7.05 Å². The normalized spacial score (nSPS) is 21.6. The van der Waals surface area contributed by atoms with Gasteiger partial charge in [0.1, 0.15) is 12.9 Å². The van der Waals surface area contributed by atoms with Crippen molar-refractivity contribution in [2.24, 2.45) is 0 Å². The maximum Gasteiger partial charge on any atom is 0.212 e. The Morgan fingerprint density at radius 2 is 1.78 bits per heavy atom. The van der Waals surface area contributed by atoms with E-state index in [1.54, 1.807) is 6.07 Å². The van der Waals surface area contributed by atoms with E-state index in [2.05, 4.69) is 24.6 Å². The fourth-order valence-electron chi connectivity index (χ4n) is 3.81. The van der Waals surface area contributed by atoms with Crippen LogP contribution in [0.1, 0.15) is 50.2 Å². The van der Waals surface area contributed by atoms with E-state index in [0.29, 0.717) is 0 Å². The number of fused-ring (bicyclic) bond motifs is 2. The van der Waals surface area contributed by atoms with Crippen molar-refractivity contribution in [3.8, 4) is 0 Å². The summed E-state index contributed by atoms with van der Waals surface area (Å²) in [6.07, 6.45) is 6.37. The van der Waals surface area contributed by atoms with Crippen LogP contribution in [0.15, 0.2) is 12.1 Å². The number of aryl methyl sites for hydroxylation is 1. The quantitative estimate of drug-likeness (QED) is 0.607. The van der Waals surface area contributed by atoms with Crippen molar-refractivity contribution in [1.82, 2.24) is 0 Å². The van der Waals surface area contributed by atoms with Gasteiger partial charge in [-0.25, -0.2) is 8.97 Å². The molecule has 0 radical (unpaired) electrons. The van der Waals surface area contributed by atoms with Gasteiger partial charge in [0.05, 0.1) is 5.41 Å². The molecule has 18 heavy (non-hydrogen) atoms. The summed E-state index contributed by atoms with van der Waals surface area (Å²) >= 11 is 0. The molecule has 1 aliphatic carbocycles. The average molecular weight is 246 g/mol. The first kappa shape index (κ1) is 11.9. The molecular weight excluding hydrogens is 225 g/mol. The van der Waals surface area contributed by atoms with Crippen molar-refractivity contribution in [3.63, 3.8) is 0 Å². The van der Waals surface area contributed by atoms with Gasteiger partial charge < -0.3 is 0 Å². The zero-order valence-electron chi connectivity index (χ0n) is 11.5. The second-order valence-corrected chi connectivity index (χ2v) is 5.91. The molecule has 0 amide bonds. The molecule has 2 aliphatic rings. The summed E-state index contributed by atoms with van der Waals surface area (Å²) in [4.78, 5) is 0. The minimum absolute atomic E-state index is 0.0822. The van der Waals surface area contributed by atoms with Crippen molar-refractivity contribution in [1.29, 1.82) is 0 Å². The fourth-order valence-corrected chi connectivity index (χ4v) is 3.81. The summed E-state index contributed by atoms with van der Waals surface area (Å²) in [5.41, 5.74) is 4.82. The van der Waals surface area contributed by atoms with Crippen LogP contribution in [0.2, 0.25) is 0 Å². The van der Waals surface area contributed by atoms with E-state index in [4.69, 9.17) is 0 Å². The van der Waals surface area contributed by atoms with Gasteiger partial charge in [0, 0.05) is 18.6 Å². The van der Waals surface area contributed by atoms with Crippen molar-refractivity contribution in [3.05, 3.63) is 29.1 Å². The van der Waals surface area contributed by atoms with Gasteiger partial charge in [-0.3, -0.25) is 0 Å². The van der Waals surface area contributed by atoms with E-state index >= 15 is 0 Å². The molecule has 0 saturated heterocycles. The topological polar surface area (TPSA) is 3.01 Å². The highest BCUT2D eigenvalue weighted by Gasteiger charge is 2.49. The second-order valence-electron chi connectivity index (χ2n) is 5.91. The summed E-state index contributed by atoms with van der Waals surface area (Å²) in [5.74, 6) is -0.0822. The van der Waals surface area contributed by atoms with E-state index in [9.17, 15) is 4.39 Å². The van der Waals surface area contributed by atoms with E-state index in [1.165, 1.54) is 43.4 Å². The lowest BCUT2D eigenvalue weighted by Gasteiger charge is -2.31. The van der Waals surface area contributed by atoms with Gasteiger partial charge in [-0.2, -0.15) is 0 Å². The molecule has 0 bridgehead atoms. The van der Waals surface area contributed by atoms with Gasteiger partial charge in [-0.1, -0.05) is 19.3 Å². The third-order valence-corrected chi connectivity index (χ3v) is 5.06. The molecule has 1 spiro atoms. The first-order valence-electron chi connectivity index (χ1n) is 6.95. The zero-order chi connectivity index (χ0) is 12.9. The lowest BCUT2D eigenvalue weighted by Crippen LogP contribution is -2.35. The number of benzene rings is 1. The number of hydrogen-bond acceptors (Lipinski definition) is 0. The largest absolute Gasteiger partial charge is 0.212 e. The number of halogens is 1. The summed E-state index contributed by atoms with van der Waals surface area (Å²) in [6, 6.07) is 3.81. The van der Waals surface area contributed by atoms with Crippen molar-refractivity contribution in [2.45, 2.75) is 51.4 Å². The van der Waals surface area contributed by atoms with Gasteiger partial charge in [0.15, 0.2) is 5.71 Å². The molecule has 0 aromatic heterocycles. The van der Waals surface area contributed by atoms with E-state index in [0.717, 1.165) is 11.3 Å². The molecule has 96 valence electrons. The maximum atomic E-state index is 13.8. The summed E-state index contributed by atoms with van der Waals surface area (Å²) in [6.45, 7) is 4.10. The number of rotatable bonds is 0. The van der Waals surface area contributed by atoms with Gasteiger partial charge in [0.25, 0.3) is 0 Å². The first-order chi connectivity index (χ1) is 8.56. The standard InChI is InChI=1S/C16H21FN/c1-11-9-13-15(10-14(11)17)18(3)12(2)16(13)7-5-4-6-8-16/h9-10H,4-8H2,1-3H3/q+1. The molecule has 1 saturated carbocycles. The Kier molecular flexibility index (Phi) is 2.58. The third-order valence-electron chi connectivity index (χ3n) is 5.06. The van der Waals surface area contributed by atoms with Crippen molar-refractivity contribution >= 4 is 11.4 Å². The predicted octanol–water partition coefficient (Wildman–Crippen LogP) is 4.08. The molecule has 1 aliphatic heterocycles. The highest BCUT2D eigenvalue weighted by atomic mass is 19.1. The Labute approximate surface area is 108 Å². The lowest BCUT2D eigenvalue weighted by atomic mass is 9.67. The predicted molar refractivity (Wildman–Crippen MR) is 72.4 cm³/mol. The van der Waals surface area contributed by atoms with Crippen LogP contribution in [0.25, 0.3) is 0 Å². The number of hydrogen-bond donors (Lipinski definition) is 0. The Morgan fingerprint density at radius 3 is 2.44 bits per heavy atom. The molecule has 3 rings (SSSR count). The van der Waals surface area contributed by atoms with E-state index in [1.807, 2.05) is 6.92 Å². The maximum absolute atomic E-state index is 13.8. The molecule has 0 unspecified atom stereocenters. The summed E-state index contributed by atoms with van der Waals surface area (Å²) < 4.78 is 16.0. The van der Waals surface area contributed by atoms with Gasteiger partial charge >= 0.3 is 0 Å². The molecule has 1 fully saturated rings. The Balaban J connectivity index is 2.23. The summed E-state index contributed by atoms with van der Waals surface area (Å²) in [5, 5.41) is 0. The SMILES string of the molecule is CC1=[N+](C)c2cc(F)c(C)cc2C12CCCCC2. The summed E-state index contributed by atoms with van der Waals surface area (Å²) in [7, 11) is 2.08. The van der Waals surface area contributed by atoms with E-state index in [-0.39, 0.29) is 11.2 Å². The minimum Gasteiger partial charge on any atom is -0.206 e. The van der Waals surface area contributed by atoms with Crippen molar-refractivity contribution < 1.29 is 8.97 Å². The molecule has 1 aromatic carbocycles. The molecular formula is C16H21FN+. The smallest absolute Gasteiger partial charge is 0.206 e. The van der Waals surface area contributed by atoms with Crippen LogP contribution in [0.5, 0.6) is 0 Å². The second kappa shape index (κ2) is 3.91. The van der Waals surface area contributed by atoms with Crippen LogP contribution in [-0.4, -0.2) is 17.3 Å². The van der Waals surface area contributed by atoms with Gasteiger partial charge in [-0.05, 0) is 31.4 Å². The van der Waals surface area contributed by atoms with Crippen LogP contribution in [0.4, 0.5) is 10.1 Å². The highest BCUT2D eigenvalue weighted by Crippen LogP contribution is 2.48. The third kappa shape index (κ3) is 1.41. The molecule has 1 heterocycles. The highest BCUT2D eigenvalue weighted by molar-refractivity contribution is 5.94.